The van der Waals surface area contributed by atoms with Crippen molar-refractivity contribution in [3.8, 4) is 5.75 Å². The van der Waals surface area contributed by atoms with Crippen molar-refractivity contribution in [2.75, 3.05) is 13.1 Å². The molecule has 7 heteroatoms. The van der Waals surface area contributed by atoms with Crippen LogP contribution in [-0.2, 0) is 6.54 Å². The molecular formula is C13H17Cl2N3O2. The molecule has 1 rings (SSSR count). The van der Waals surface area contributed by atoms with E-state index in [9.17, 15) is 9.90 Å². The van der Waals surface area contributed by atoms with E-state index in [0.717, 1.165) is 13.1 Å². The Morgan fingerprint density at radius 1 is 1.30 bits per heavy atom. The molecule has 0 saturated carbocycles. The monoisotopic (exact) mass is 317 g/mol. The zero-order valence-corrected chi connectivity index (χ0v) is 12.9. The highest BCUT2D eigenvalue weighted by Gasteiger charge is 2.02. The van der Waals surface area contributed by atoms with Crippen LogP contribution in [0.3, 0.4) is 0 Å². The van der Waals surface area contributed by atoms with E-state index >= 15 is 0 Å². The number of rotatable bonds is 4. The molecule has 0 spiro atoms. The predicted molar refractivity (Wildman–Crippen MR) is 80.8 cm³/mol. The maximum absolute atomic E-state index is 11.7. The molecule has 0 atom stereocenters. The molecule has 0 saturated heterocycles. The molecule has 0 aliphatic carbocycles. The van der Waals surface area contributed by atoms with E-state index in [4.69, 9.17) is 23.2 Å². The van der Waals surface area contributed by atoms with Gasteiger partial charge in [0, 0.05) is 11.1 Å². The Bertz CT molecular complexity index is 570. The summed E-state index contributed by atoms with van der Waals surface area (Å²) in [6.07, 6.45) is 1.19. The Balaban J connectivity index is 3.38. The van der Waals surface area contributed by atoms with Crippen LogP contribution in [0.1, 0.15) is 19.7 Å². The first-order chi connectivity index (χ1) is 9.46. The van der Waals surface area contributed by atoms with Crippen molar-refractivity contribution in [2.24, 2.45) is 0 Å². The van der Waals surface area contributed by atoms with Gasteiger partial charge in [0.05, 0.1) is 17.8 Å². The van der Waals surface area contributed by atoms with Gasteiger partial charge in [-0.2, -0.15) is 0 Å². The molecule has 0 fully saturated rings. The highest BCUT2D eigenvalue weighted by Crippen LogP contribution is 2.21. The Kier molecular flexibility index (Phi) is 6.78. The van der Waals surface area contributed by atoms with Gasteiger partial charge in [-0.3, -0.25) is 9.69 Å². The molecule has 5 nitrogen and oxygen atoms in total. The van der Waals surface area contributed by atoms with E-state index < -0.39 is 5.56 Å². The van der Waals surface area contributed by atoms with Gasteiger partial charge in [-0.15, -0.1) is 0 Å². The van der Waals surface area contributed by atoms with Gasteiger partial charge in [-0.25, -0.2) is 4.98 Å². The van der Waals surface area contributed by atoms with Gasteiger partial charge in [0.2, 0.25) is 0 Å². The molecule has 0 aliphatic rings. The topological polar surface area (TPSA) is 69.2 Å². The molecule has 0 bridgehead atoms. The molecular weight excluding hydrogens is 301 g/mol. The Morgan fingerprint density at radius 2 is 1.95 bits per heavy atom. The van der Waals surface area contributed by atoms with Crippen molar-refractivity contribution in [3.63, 3.8) is 0 Å². The van der Waals surface area contributed by atoms with Crippen molar-refractivity contribution in [2.45, 2.75) is 20.4 Å². The van der Waals surface area contributed by atoms with Gasteiger partial charge >= 0.3 is 0 Å². The predicted octanol–water partition coefficient (Wildman–Crippen LogP) is 2.75. The fraction of sp³-hybridized carbons (Fsp3) is 0.385. The van der Waals surface area contributed by atoms with Crippen LogP contribution in [0.4, 0.5) is 0 Å². The van der Waals surface area contributed by atoms with Gasteiger partial charge < -0.3 is 10.1 Å². The molecule has 1 heterocycles. The molecule has 0 aromatic carbocycles. The van der Waals surface area contributed by atoms with Crippen LogP contribution in [-0.4, -0.2) is 33.1 Å². The largest absolute Gasteiger partial charge is 0.505 e. The highest BCUT2D eigenvalue weighted by atomic mass is 35.5. The summed E-state index contributed by atoms with van der Waals surface area (Å²) in [6.45, 7) is 6.11. The molecule has 110 valence electrons. The van der Waals surface area contributed by atoms with Crippen LogP contribution in [0.15, 0.2) is 23.1 Å². The van der Waals surface area contributed by atoms with Gasteiger partial charge in [0.25, 0.3) is 5.56 Å². The van der Waals surface area contributed by atoms with Crippen molar-refractivity contribution in [3.05, 3.63) is 44.6 Å². The lowest BCUT2D eigenvalue weighted by Gasteiger charge is -2.16. The maximum Gasteiger partial charge on any atom is 0.250 e. The number of nitrogens with one attached hydrogen (secondary N) is 1. The van der Waals surface area contributed by atoms with Crippen LogP contribution in [0.2, 0.25) is 10.0 Å². The minimum atomic E-state index is -0.392. The van der Waals surface area contributed by atoms with E-state index in [1.54, 1.807) is 0 Å². The maximum atomic E-state index is 11.7. The summed E-state index contributed by atoms with van der Waals surface area (Å²) in [5.41, 5.74) is -0.392. The highest BCUT2D eigenvalue weighted by molar-refractivity contribution is 6.34. The van der Waals surface area contributed by atoms with Crippen molar-refractivity contribution in [1.82, 2.24) is 14.9 Å². The number of aromatic amines is 1. The third-order valence-corrected chi connectivity index (χ3v) is 3.18. The number of hydrogen-bond acceptors (Lipinski definition) is 4. The normalized spacial score (nSPS) is 10.4. The van der Waals surface area contributed by atoms with Gasteiger partial charge in [0.1, 0.15) is 5.82 Å². The molecule has 20 heavy (non-hydrogen) atoms. The first-order valence-electron chi connectivity index (χ1n) is 6.20. The van der Waals surface area contributed by atoms with Crippen LogP contribution in [0, 0.1) is 0 Å². The van der Waals surface area contributed by atoms with Crippen LogP contribution < -0.4 is 5.56 Å². The third-order valence-electron chi connectivity index (χ3n) is 2.66. The van der Waals surface area contributed by atoms with Crippen LogP contribution in [0.25, 0.3) is 0 Å². The summed E-state index contributed by atoms with van der Waals surface area (Å²) in [5.74, 6) is 0.198. The van der Waals surface area contributed by atoms with E-state index in [0.29, 0.717) is 12.4 Å². The number of nitrogens with zero attached hydrogens (tertiary/aromatic N) is 2. The zero-order chi connectivity index (χ0) is 15.1. The second-order valence-corrected chi connectivity index (χ2v) is 4.91. The van der Waals surface area contributed by atoms with Crippen LogP contribution >= 0.6 is 23.2 Å². The lowest BCUT2D eigenvalue weighted by atomic mass is 10.4. The fourth-order valence-corrected chi connectivity index (χ4v) is 1.94. The smallest absolute Gasteiger partial charge is 0.250 e. The van der Waals surface area contributed by atoms with Crippen molar-refractivity contribution < 1.29 is 5.11 Å². The number of aromatic hydroxyl groups is 1. The van der Waals surface area contributed by atoms with E-state index in [1.165, 1.54) is 18.3 Å². The minimum absolute atomic E-state index is 0.0203. The standard InChI is InChI=1S/C13H17Cl2N3O2/c1-3-18(4-2)8-12-16-7-11(19)10(15)5-9(14)6-13(20)17-12/h5-7,19H,3-4,8H2,1-2H3,(H,16,17,20). The molecule has 0 unspecified atom stereocenters. The summed E-state index contributed by atoms with van der Waals surface area (Å²) in [7, 11) is 0. The average Bonchev–Trinajstić information content (AvgIpc) is 2.39. The Hall–Kier alpha value is -1.30. The van der Waals surface area contributed by atoms with Gasteiger partial charge in [0.15, 0.2) is 5.75 Å². The van der Waals surface area contributed by atoms with Gasteiger partial charge in [-0.05, 0) is 19.2 Å². The van der Waals surface area contributed by atoms with E-state index in [-0.39, 0.29) is 15.8 Å². The molecule has 1 aromatic heterocycles. The molecule has 1 aromatic rings. The third kappa shape index (κ3) is 5.36. The number of H-pyrrole nitrogens is 1. The first-order valence-corrected chi connectivity index (χ1v) is 6.95. The second kappa shape index (κ2) is 8.09. The van der Waals surface area contributed by atoms with Crippen molar-refractivity contribution in [1.29, 1.82) is 0 Å². The van der Waals surface area contributed by atoms with Crippen LogP contribution in [0.5, 0.6) is 5.75 Å². The molecule has 0 amide bonds. The molecule has 0 radical (unpaired) electrons. The summed E-state index contributed by atoms with van der Waals surface area (Å²) >= 11 is 11.7. The SMILES string of the molecule is CCN(CC)Cc1ncc(O)c(Cl)cc(Cl)cc(=O)[nH]1. The summed E-state index contributed by atoms with van der Waals surface area (Å²) in [6, 6.07) is 2.46. The minimum Gasteiger partial charge on any atom is -0.505 e. The lowest BCUT2D eigenvalue weighted by Crippen LogP contribution is -2.24. The van der Waals surface area contributed by atoms with Crippen molar-refractivity contribution >= 4 is 23.2 Å². The van der Waals surface area contributed by atoms with Gasteiger partial charge in [-0.1, -0.05) is 37.0 Å². The number of hydrogen-bond donors (Lipinski definition) is 2. The summed E-state index contributed by atoms with van der Waals surface area (Å²) < 4.78 is 0. The number of halogens is 2. The summed E-state index contributed by atoms with van der Waals surface area (Å²) in [4.78, 5) is 20.5. The number of aromatic nitrogens is 2. The second-order valence-electron chi connectivity index (χ2n) is 4.06. The van der Waals surface area contributed by atoms with E-state index in [1.807, 2.05) is 13.8 Å². The molecule has 0 aliphatic heterocycles. The zero-order valence-electron chi connectivity index (χ0n) is 11.4. The quantitative estimate of drug-likeness (QED) is 0.896. The lowest BCUT2D eigenvalue weighted by molar-refractivity contribution is 0.288. The summed E-state index contributed by atoms with van der Waals surface area (Å²) in [5, 5.41) is 9.83. The Labute approximate surface area is 127 Å². The fourth-order valence-electron chi connectivity index (χ4n) is 1.51. The molecule has 2 N–H and O–H groups in total. The van der Waals surface area contributed by atoms with E-state index in [2.05, 4.69) is 14.9 Å². The first kappa shape index (κ1) is 16.8. The Morgan fingerprint density at radius 3 is 2.55 bits per heavy atom. The average molecular weight is 318 g/mol.